The van der Waals surface area contributed by atoms with Gasteiger partial charge in [0.1, 0.15) is 6.73 Å². The van der Waals surface area contributed by atoms with Crippen molar-refractivity contribution < 1.29 is 19.1 Å². The molecule has 1 heterocycles. The fourth-order valence-corrected chi connectivity index (χ4v) is 2.19. The van der Waals surface area contributed by atoms with Crippen molar-refractivity contribution in [1.29, 1.82) is 0 Å². The standard InChI is InChI=1S/C12H20N2O4Si/c1-17-12(16)11-10(8-15)7-13-14(11)9-18-5-6-19(2,3)4/h7-8H,5-6,9H2,1-4H3. The molecule has 106 valence electrons. The number of rotatable bonds is 7. The van der Waals surface area contributed by atoms with Crippen LogP contribution in [0.5, 0.6) is 0 Å². The Bertz CT molecular complexity index is 451. The maximum absolute atomic E-state index is 11.6. The van der Waals surface area contributed by atoms with Gasteiger partial charge in [-0.3, -0.25) is 4.79 Å². The first-order valence-electron chi connectivity index (χ1n) is 6.06. The van der Waals surface area contributed by atoms with Crippen molar-refractivity contribution >= 4 is 20.3 Å². The highest BCUT2D eigenvalue weighted by Crippen LogP contribution is 2.10. The Morgan fingerprint density at radius 1 is 1.47 bits per heavy atom. The van der Waals surface area contributed by atoms with Gasteiger partial charge in [-0.1, -0.05) is 19.6 Å². The molecule has 0 radical (unpaired) electrons. The monoisotopic (exact) mass is 284 g/mol. The van der Waals surface area contributed by atoms with E-state index in [2.05, 4.69) is 29.5 Å². The van der Waals surface area contributed by atoms with E-state index in [-0.39, 0.29) is 18.0 Å². The maximum Gasteiger partial charge on any atom is 0.357 e. The minimum absolute atomic E-state index is 0.130. The number of ether oxygens (including phenoxy) is 2. The smallest absolute Gasteiger partial charge is 0.357 e. The zero-order valence-corrected chi connectivity index (χ0v) is 12.8. The average molecular weight is 284 g/mol. The molecule has 0 spiro atoms. The first-order chi connectivity index (χ1) is 8.89. The summed E-state index contributed by atoms with van der Waals surface area (Å²) in [5.74, 6) is -0.589. The van der Waals surface area contributed by atoms with Crippen molar-refractivity contribution in [3.05, 3.63) is 17.5 Å². The summed E-state index contributed by atoms with van der Waals surface area (Å²) in [5.41, 5.74) is 0.339. The number of hydrogen-bond donors (Lipinski definition) is 0. The molecule has 0 atom stereocenters. The van der Waals surface area contributed by atoms with Gasteiger partial charge in [-0.25, -0.2) is 9.48 Å². The van der Waals surface area contributed by atoms with Crippen LogP contribution in [0, 0.1) is 0 Å². The Balaban J connectivity index is 2.66. The van der Waals surface area contributed by atoms with E-state index in [1.807, 2.05) is 0 Å². The van der Waals surface area contributed by atoms with Gasteiger partial charge in [-0.05, 0) is 6.04 Å². The summed E-state index contributed by atoms with van der Waals surface area (Å²) < 4.78 is 11.5. The van der Waals surface area contributed by atoms with Gasteiger partial charge in [0.25, 0.3) is 0 Å². The third kappa shape index (κ3) is 4.60. The lowest BCUT2D eigenvalue weighted by atomic mass is 10.3. The molecule has 0 saturated heterocycles. The minimum atomic E-state index is -1.14. The normalized spacial score (nSPS) is 11.4. The highest BCUT2D eigenvalue weighted by atomic mass is 28.3. The van der Waals surface area contributed by atoms with Crippen LogP contribution in [0.2, 0.25) is 25.7 Å². The molecule has 0 saturated carbocycles. The SMILES string of the molecule is COC(=O)c1c(C=O)cnn1COCC[Si](C)(C)C. The minimum Gasteiger partial charge on any atom is -0.464 e. The van der Waals surface area contributed by atoms with Crippen LogP contribution in [0.25, 0.3) is 0 Å². The summed E-state index contributed by atoms with van der Waals surface area (Å²) in [5, 5.41) is 3.96. The third-order valence-electron chi connectivity index (χ3n) is 2.58. The first-order valence-corrected chi connectivity index (χ1v) is 9.77. The van der Waals surface area contributed by atoms with Gasteiger partial charge in [0.05, 0.1) is 18.9 Å². The second-order valence-corrected chi connectivity index (χ2v) is 11.0. The molecule has 0 aliphatic rings. The Morgan fingerprint density at radius 3 is 2.68 bits per heavy atom. The van der Waals surface area contributed by atoms with E-state index in [0.717, 1.165) is 6.04 Å². The topological polar surface area (TPSA) is 70.4 Å². The Labute approximate surface area is 113 Å². The summed E-state index contributed by atoms with van der Waals surface area (Å²) >= 11 is 0. The lowest BCUT2D eigenvalue weighted by molar-refractivity contribution is 0.0515. The van der Waals surface area contributed by atoms with Crippen LogP contribution in [-0.2, 0) is 16.2 Å². The van der Waals surface area contributed by atoms with Crippen LogP contribution in [0.15, 0.2) is 6.20 Å². The number of methoxy groups -OCH3 is 1. The molecule has 0 fully saturated rings. The van der Waals surface area contributed by atoms with Crippen molar-refractivity contribution in [3.8, 4) is 0 Å². The number of esters is 1. The van der Waals surface area contributed by atoms with E-state index in [1.54, 1.807) is 0 Å². The molecule has 1 aromatic heterocycles. The van der Waals surface area contributed by atoms with Crippen LogP contribution >= 0.6 is 0 Å². The Kier molecular flexibility index (Phi) is 5.43. The molecule has 0 aliphatic carbocycles. The molecule has 0 aliphatic heterocycles. The number of carbonyl (C=O) groups excluding carboxylic acids is 2. The fraction of sp³-hybridized carbons (Fsp3) is 0.583. The predicted molar refractivity (Wildman–Crippen MR) is 73.1 cm³/mol. The van der Waals surface area contributed by atoms with Gasteiger partial charge < -0.3 is 9.47 Å². The Morgan fingerprint density at radius 2 is 2.16 bits per heavy atom. The lowest BCUT2D eigenvalue weighted by Crippen LogP contribution is -2.22. The van der Waals surface area contributed by atoms with Crippen LogP contribution in [0.3, 0.4) is 0 Å². The molecule has 0 aromatic carbocycles. The van der Waals surface area contributed by atoms with Crippen LogP contribution in [0.1, 0.15) is 20.8 Å². The molecule has 0 amide bonds. The summed E-state index contributed by atoms with van der Waals surface area (Å²) in [7, 11) is 0.122. The van der Waals surface area contributed by atoms with Crippen molar-refractivity contribution in [2.24, 2.45) is 0 Å². The molecular formula is C12H20N2O4Si. The van der Waals surface area contributed by atoms with E-state index in [4.69, 9.17) is 4.74 Å². The number of hydrogen-bond acceptors (Lipinski definition) is 5. The number of aldehydes is 1. The molecule has 0 N–H and O–H groups in total. The fourth-order valence-electron chi connectivity index (χ4n) is 1.43. The maximum atomic E-state index is 11.6. The molecule has 0 unspecified atom stereocenters. The molecule has 7 heteroatoms. The average Bonchev–Trinajstić information content (AvgIpc) is 2.75. The van der Waals surface area contributed by atoms with Gasteiger partial charge in [0.15, 0.2) is 12.0 Å². The van der Waals surface area contributed by atoms with Crippen LogP contribution in [-0.4, -0.2) is 43.8 Å². The summed E-state index contributed by atoms with van der Waals surface area (Å²) in [4.78, 5) is 22.4. The number of carbonyl (C=O) groups is 2. The van der Waals surface area contributed by atoms with Crippen molar-refractivity contribution in [1.82, 2.24) is 9.78 Å². The van der Waals surface area contributed by atoms with E-state index >= 15 is 0 Å². The van der Waals surface area contributed by atoms with Gasteiger partial charge in [-0.15, -0.1) is 0 Å². The molecule has 0 bridgehead atoms. The quantitative estimate of drug-likeness (QED) is 0.330. The van der Waals surface area contributed by atoms with Gasteiger partial charge in [0, 0.05) is 14.7 Å². The summed E-state index contributed by atoms with van der Waals surface area (Å²) in [6.45, 7) is 7.54. The van der Waals surface area contributed by atoms with Gasteiger partial charge in [-0.2, -0.15) is 5.10 Å². The second-order valence-electron chi connectivity index (χ2n) is 5.41. The van der Waals surface area contributed by atoms with Gasteiger partial charge in [0.2, 0.25) is 0 Å². The molecular weight excluding hydrogens is 264 g/mol. The first kappa shape index (κ1) is 15.6. The zero-order chi connectivity index (χ0) is 14.5. The summed E-state index contributed by atoms with van der Waals surface area (Å²) in [6, 6.07) is 1.03. The van der Waals surface area contributed by atoms with Crippen molar-refractivity contribution in [2.75, 3.05) is 13.7 Å². The Hall–Kier alpha value is -1.47. The highest BCUT2D eigenvalue weighted by molar-refractivity contribution is 6.76. The van der Waals surface area contributed by atoms with Crippen LogP contribution < -0.4 is 0 Å². The second kappa shape index (κ2) is 6.62. The van der Waals surface area contributed by atoms with Crippen LogP contribution in [0.4, 0.5) is 0 Å². The molecule has 1 rings (SSSR count). The van der Waals surface area contributed by atoms with E-state index in [0.29, 0.717) is 12.9 Å². The van der Waals surface area contributed by atoms with Crippen molar-refractivity contribution in [3.63, 3.8) is 0 Å². The largest absolute Gasteiger partial charge is 0.464 e. The molecule has 6 nitrogen and oxygen atoms in total. The molecule has 1 aromatic rings. The third-order valence-corrected chi connectivity index (χ3v) is 4.29. The van der Waals surface area contributed by atoms with Crippen molar-refractivity contribution in [2.45, 2.75) is 32.4 Å². The van der Waals surface area contributed by atoms with Gasteiger partial charge >= 0.3 is 5.97 Å². The number of aromatic nitrogens is 2. The van der Waals surface area contributed by atoms with E-state index in [1.165, 1.54) is 18.0 Å². The lowest BCUT2D eigenvalue weighted by Gasteiger charge is -2.15. The predicted octanol–water partition coefficient (Wildman–Crippen LogP) is 1.79. The summed E-state index contributed by atoms with van der Waals surface area (Å²) in [6.07, 6.45) is 1.92. The highest BCUT2D eigenvalue weighted by Gasteiger charge is 2.19. The van der Waals surface area contributed by atoms with E-state index in [9.17, 15) is 9.59 Å². The number of nitrogens with zero attached hydrogens (tertiary/aromatic N) is 2. The molecule has 19 heavy (non-hydrogen) atoms. The van der Waals surface area contributed by atoms with E-state index < -0.39 is 14.0 Å². The zero-order valence-electron chi connectivity index (χ0n) is 11.8.